The third-order valence-electron chi connectivity index (χ3n) is 5.00. The number of urea groups is 2. The van der Waals surface area contributed by atoms with Gasteiger partial charge in [0.25, 0.3) is 0 Å². The van der Waals surface area contributed by atoms with E-state index in [4.69, 9.17) is 4.74 Å². The average Bonchev–Trinajstić information content (AvgIpc) is 3.47. The number of amides is 4. The number of ether oxygens (including phenoxy) is 1. The lowest BCUT2D eigenvalue weighted by molar-refractivity contribution is 0.218. The first-order chi connectivity index (χ1) is 12.6. The van der Waals surface area contributed by atoms with Crippen LogP contribution in [0.4, 0.5) is 15.3 Å². The summed E-state index contributed by atoms with van der Waals surface area (Å²) in [5, 5.41) is 11.8. The van der Waals surface area contributed by atoms with E-state index in [9.17, 15) is 9.59 Å². The van der Waals surface area contributed by atoms with Crippen molar-refractivity contribution in [2.45, 2.75) is 50.6 Å². The van der Waals surface area contributed by atoms with Gasteiger partial charge in [0.15, 0.2) is 0 Å². The number of benzene rings is 1. The number of methoxy groups -OCH3 is 1. The highest BCUT2D eigenvalue weighted by Crippen LogP contribution is 2.27. The zero-order chi connectivity index (χ0) is 18.4. The van der Waals surface area contributed by atoms with E-state index in [1.54, 1.807) is 31.4 Å². The number of carbonyl (C=O) groups is 2. The third-order valence-corrected chi connectivity index (χ3v) is 5.00. The van der Waals surface area contributed by atoms with Crippen molar-refractivity contribution in [1.29, 1.82) is 0 Å². The summed E-state index contributed by atoms with van der Waals surface area (Å²) < 4.78 is 5.11. The van der Waals surface area contributed by atoms with Gasteiger partial charge in [-0.15, -0.1) is 0 Å². The molecule has 7 heteroatoms. The van der Waals surface area contributed by atoms with Crippen molar-refractivity contribution < 1.29 is 14.3 Å². The molecule has 0 spiro atoms. The van der Waals surface area contributed by atoms with Crippen molar-refractivity contribution >= 4 is 17.7 Å². The molecule has 2 saturated carbocycles. The lowest BCUT2D eigenvalue weighted by Crippen LogP contribution is -2.55. The topological polar surface area (TPSA) is 91.5 Å². The van der Waals surface area contributed by atoms with Gasteiger partial charge >= 0.3 is 12.1 Å². The van der Waals surface area contributed by atoms with Crippen LogP contribution in [0.5, 0.6) is 5.75 Å². The molecule has 0 radical (unpaired) electrons. The Labute approximate surface area is 154 Å². The first-order valence-corrected chi connectivity index (χ1v) is 9.40. The Kier molecular flexibility index (Phi) is 6.20. The maximum atomic E-state index is 12.3. The van der Waals surface area contributed by atoms with Crippen LogP contribution >= 0.6 is 0 Å². The van der Waals surface area contributed by atoms with Crippen LogP contribution < -0.4 is 26.0 Å². The molecule has 3 rings (SSSR count). The normalized spacial score (nSPS) is 22.2. The minimum atomic E-state index is -0.257. The van der Waals surface area contributed by atoms with Crippen LogP contribution in [0, 0.1) is 5.92 Å². The van der Waals surface area contributed by atoms with Crippen molar-refractivity contribution in [3.05, 3.63) is 24.3 Å². The van der Waals surface area contributed by atoms with E-state index in [1.807, 2.05) is 0 Å². The minimum Gasteiger partial charge on any atom is -0.497 e. The molecule has 0 bridgehead atoms. The summed E-state index contributed by atoms with van der Waals surface area (Å²) >= 11 is 0. The number of hydrogen-bond donors (Lipinski definition) is 4. The number of hydrogen-bond acceptors (Lipinski definition) is 3. The molecular formula is C19H28N4O3. The van der Waals surface area contributed by atoms with Crippen molar-refractivity contribution in [2.75, 3.05) is 19.0 Å². The van der Waals surface area contributed by atoms with Gasteiger partial charge in [-0.25, -0.2) is 9.59 Å². The van der Waals surface area contributed by atoms with E-state index in [-0.39, 0.29) is 24.1 Å². The van der Waals surface area contributed by atoms with Gasteiger partial charge in [0, 0.05) is 12.2 Å². The molecule has 0 saturated heterocycles. The van der Waals surface area contributed by atoms with Crippen LogP contribution in [0.15, 0.2) is 24.3 Å². The number of anilines is 1. The Morgan fingerprint density at radius 3 is 2.15 bits per heavy atom. The predicted molar refractivity (Wildman–Crippen MR) is 100 cm³/mol. The second-order valence-electron chi connectivity index (χ2n) is 7.12. The van der Waals surface area contributed by atoms with E-state index in [1.165, 1.54) is 12.8 Å². The lowest BCUT2D eigenvalue weighted by atomic mass is 9.90. The van der Waals surface area contributed by atoms with Gasteiger partial charge in [0.1, 0.15) is 5.75 Å². The summed E-state index contributed by atoms with van der Waals surface area (Å²) in [5.74, 6) is 1.39. The molecule has 0 aliphatic heterocycles. The Balaban J connectivity index is 1.48. The highest BCUT2D eigenvalue weighted by molar-refractivity contribution is 5.89. The first kappa shape index (κ1) is 18.4. The van der Waals surface area contributed by atoms with Crippen molar-refractivity contribution in [3.63, 3.8) is 0 Å². The SMILES string of the molecule is COc1ccc(NC(=O)NC2CCCCC2NC(=O)NCC2CC2)cc1. The maximum Gasteiger partial charge on any atom is 0.319 e. The van der Waals surface area contributed by atoms with Gasteiger partial charge in [-0.1, -0.05) is 12.8 Å². The molecule has 2 unspecified atom stereocenters. The summed E-state index contributed by atoms with van der Waals surface area (Å²) in [6.07, 6.45) is 6.27. The van der Waals surface area contributed by atoms with Crippen molar-refractivity contribution in [2.24, 2.45) is 5.92 Å². The van der Waals surface area contributed by atoms with Crippen LogP contribution in [0.2, 0.25) is 0 Å². The molecule has 2 aliphatic rings. The molecule has 0 aromatic heterocycles. The predicted octanol–water partition coefficient (Wildman–Crippen LogP) is 2.84. The third kappa shape index (κ3) is 5.54. The fraction of sp³-hybridized carbons (Fsp3) is 0.579. The zero-order valence-corrected chi connectivity index (χ0v) is 15.2. The van der Waals surface area contributed by atoms with E-state index in [0.29, 0.717) is 11.6 Å². The minimum absolute atomic E-state index is 0.0374. The zero-order valence-electron chi connectivity index (χ0n) is 15.2. The lowest BCUT2D eigenvalue weighted by Gasteiger charge is -2.32. The summed E-state index contributed by atoms with van der Waals surface area (Å²) in [6, 6.07) is 6.69. The Morgan fingerprint density at radius 2 is 1.58 bits per heavy atom. The summed E-state index contributed by atoms with van der Waals surface area (Å²) in [4.78, 5) is 24.4. The van der Waals surface area contributed by atoms with E-state index < -0.39 is 0 Å². The van der Waals surface area contributed by atoms with Gasteiger partial charge in [-0.3, -0.25) is 0 Å². The molecule has 7 nitrogen and oxygen atoms in total. The molecule has 26 heavy (non-hydrogen) atoms. The number of carbonyl (C=O) groups excluding carboxylic acids is 2. The molecule has 4 N–H and O–H groups in total. The molecule has 0 heterocycles. The molecule has 2 atom stereocenters. The fourth-order valence-corrected chi connectivity index (χ4v) is 3.26. The standard InChI is InChI=1S/C19H28N4O3/c1-26-15-10-8-14(9-11-15)21-19(25)23-17-5-3-2-4-16(17)22-18(24)20-12-13-6-7-13/h8-11,13,16-17H,2-7,12H2,1H3,(H2,20,22,24)(H2,21,23,25). The van der Waals surface area contributed by atoms with Crippen molar-refractivity contribution in [1.82, 2.24) is 16.0 Å². The fourth-order valence-electron chi connectivity index (χ4n) is 3.26. The highest BCUT2D eigenvalue weighted by atomic mass is 16.5. The number of rotatable bonds is 6. The van der Waals surface area contributed by atoms with Crippen LogP contribution in [0.1, 0.15) is 38.5 Å². The smallest absolute Gasteiger partial charge is 0.319 e. The summed E-state index contributed by atoms with van der Waals surface area (Å²) in [6.45, 7) is 0.745. The molecule has 1 aromatic carbocycles. The van der Waals surface area contributed by atoms with Crippen LogP contribution in [0.25, 0.3) is 0 Å². The average molecular weight is 360 g/mol. The Morgan fingerprint density at radius 1 is 0.962 bits per heavy atom. The van der Waals surface area contributed by atoms with Gasteiger partial charge in [0.2, 0.25) is 0 Å². The number of nitrogens with one attached hydrogen (secondary N) is 4. The molecule has 4 amide bonds. The van der Waals surface area contributed by atoms with Gasteiger partial charge in [-0.05, 0) is 55.9 Å². The summed E-state index contributed by atoms with van der Waals surface area (Å²) in [7, 11) is 1.60. The van der Waals surface area contributed by atoms with Gasteiger partial charge in [-0.2, -0.15) is 0 Å². The second kappa shape index (κ2) is 8.78. The Hall–Kier alpha value is -2.44. The van der Waals surface area contributed by atoms with E-state index in [2.05, 4.69) is 21.3 Å². The second-order valence-corrected chi connectivity index (χ2v) is 7.12. The molecule has 142 valence electrons. The van der Waals surface area contributed by atoms with Crippen LogP contribution in [-0.2, 0) is 0 Å². The highest BCUT2D eigenvalue weighted by Gasteiger charge is 2.28. The first-order valence-electron chi connectivity index (χ1n) is 9.40. The molecule has 2 aliphatic carbocycles. The molecular weight excluding hydrogens is 332 g/mol. The van der Waals surface area contributed by atoms with E-state index in [0.717, 1.165) is 38.0 Å². The van der Waals surface area contributed by atoms with Crippen LogP contribution in [0.3, 0.4) is 0 Å². The summed E-state index contributed by atoms with van der Waals surface area (Å²) in [5.41, 5.74) is 0.700. The van der Waals surface area contributed by atoms with Crippen LogP contribution in [-0.4, -0.2) is 37.8 Å². The molecule has 2 fully saturated rings. The quantitative estimate of drug-likeness (QED) is 0.629. The van der Waals surface area contributed by atoms with Gasteiger partial charge < -0.3 is 26.0 Å². The Bertz CT molecular complexity index is 616. The molecule has 1 aromatic rings. The van der Waals surface area contributed by atoms with E-state index >= 15 is 0 Å². The maximum absolute atomic E-state index is 12.3. The van der Waals surface area contributed by atoms with Gasteiger partial charge in [0.05, 0.1) is 19.2 Å². The van der Waals surface area contributed by atoms with Crippen molar-refractivity contribution in [3.8, 4) is 5.75 Å². The monoisotopic (exact) mass is 360 g/mol. The largest absolute Gasteiger partial charge is 0.497 e.